The van der Waals surface area contributed by atoms with E-state index in [9.17, 15) is 18.8 Å². The molecule has 11 heteroatoms. The summed E-state index contributed by atoms with van der Waals surface area (Å²) in [6.07, 6.45) is 7.73. The number of hydrogen-bond acceptors (Lipinski definition) is 9. The molecule has 0 aromatic heterocycles. The van der Waals surface area contributed by atoms with Crippen LogP contribution in [0.4, 0.5) is 9.18 Å². The van der Waals surface area contributed by atoms with Gasteiger partial charge in [-0.25, -0.2) is 9.18 Å². The number of ether oxygens (including phenoxy) is 2. The van der Waals surface area contributed by atoms with Gasteiger partial charge in [0.1, 0.15) is 5.82 Å². The first-order valence-corrected chi connectivity index (χ1v) is 14.1. The summed E-state index contributed by atoms with van der Waals surface area (Å²) in [6, 6.07) is 5.84. The minimum Gasteiger partial charge on any atom is -0.466 e. The Morgan fingerprint density at radius 1 is 1.10 bits per heavy atom. The van der Waals surface area contributed by atoms with E-state index in [-0.39, 0.29) is 41.8 Å². The Labute approximate surface area is 234 Å². The molecule has 1 aromatic carbocycles. The van der Waals surface area contributed by atoms with E-state index in [0.29, 0.717) is 44.6 Å². The lowest BCUT2D eigenvalue weighted by atomic mass is 9.94. The van der Waals surface area contributed by atoms with Gasteiger partial charge in [0.05, 0.1) is 19.3 Å². The molecule has 0 bridgehead atoms. The molecule has 1 aromatic rings. The molecule has 1 saturated carbocycles. The minimum atomic E-state index is -0.659. The van der Waals surface area contributed by atoms with E-state index >= 15 is 0 Å². The highest BCUT2D eigenvalue weighted by Gasteiger charge is 2.41. The smallest absolute Gasteiger partial charge is 0.430 e. The van der Waals surface area contributed by atoms with E-state index in [4.69, 9.17) is 22.1 Å². The maximum atomic E-state index is 14.9. The second-order valence-corrected chi connectivity index (χ2v) is 10.4. The van der Waals surface area contributed by atoms with Gasteiger partial charge in [-0.2, -0.15) is 17.6 Å². The number of rotatable bonds is 11. The van der Waals surface area contributed by atoms with Gasteiger partial charge < -0.3 is 9.47 Å². The first kappa shape index (κ1) is 29.1. The van der Waals surface area contributed by atoms with Crippen molar-refractivity contribution in [3.63, 3.8) is 0 Å². The van der Waals surface area contributed by atoms with E-state index in [0.717, 1.165) is 18.4 Å². The Morgan fingerprint density at radius 2 is 1.85 bits per heavy atom. The molecule has 1 aliphatic carbocycles. The van der Waals surface area contributed by atoms with Crippen molar-refractivity contribution in [3.05, 3.63) is 59.8 Å². The molecule has 1 amide bonds. The van der Waals surface area contributed by atoms with E-state index < -0.39 is 12.1 Å². The quantitative estimate of drug-likeness (QED) is 0.314. The van der Waals surface area contributed by atoms with Crippen LogP contribution in [0, 0.1) is 11.7 Å². The largest absolute Gasteiger partial charge is 0.466 e. The number of amides is 1. The highest BCUT2D eigenvalue weighted by Crippen LogP contribution is 2.39. The van der Waals surface area contributed by atoms with Crippen LogP contribution in [-0.2, 0) is 19.1 Å². The van der Waals surface area contributed by atoms with Crippen molar-refractivity contribution in [1.82, 2.24) is 20.0 Å². The maximum absolute atomic E-state index is 14.9. The highest BCUT2D eigenvalue weighted by molar-refractivity contribution is 7.81. The SMILES string of the molecule is CCOC(=O)CCCN1N(/C=C2\CN(C(C(=O)C3CC3)c3ccccc3F)CCC2S)C=CN1C(=O)OCC. The van der Waals surface area contributed by atoms with Crippen molar-refractivity contribution < 1.29 is 28.2 Å². The number of halogens is 1. The minimum absolute atomic E-state index is 0.0229. The zero-order chi connectivity index (χ0) is 27.9. The van der Waals surface area contributed by atoms with Crippen LogP contribution in [0.3, 0.4) is 0 Å². The van der Waals surface area contributed by atoms with Gasteiger partial charge in [0, 0.05) is 61.4 Å². The van der Waals surface area contributed by atoms with Crippen LogP contribution in [0.2, 0.25) is 0 Å². The average molecular weight is 561 g/mol. The third-order valence-electron chi connectivity index (χ3n) is 6.99. The lowest BCUT2D eigenvalue weighted by molar-refractivity contribution is -0.143. The van der Waals surface area contributed by atoms with E-state index in [1.54, 1.807) is 54.6 Å². The van der Waals surface area contributed by atoms with E-state index in [1.807, 2.05) is 11.1 Å². The molecule has 4 rings (SSSR count). The molecule has 9 nitrogen and oxygen atoms in total. The van der Waals surface area contributed by atoms with Gasteiger partial charge in [-0.1, -0.05) is 18.2 Å². The number of carbonyl (C=O) groups is 3. The molecule has 2 fully saturated rings. The summed E-state index contributed by atoms with van der Waals surface area (Å²) in [5, 5.41) is 4.74. The summed E-state index contributed by atoms with van der Waals surface area (Å²) in [4.78, 5) is 39.9. The number of esters is 1. The van der Waals surface area contributed by atoms with Crippen molar-refractivity contribution in [2.24, 2.45) is 5.92 Å². The molecule has 212 valence electrons. The predicted octanol–water partition coefficient (Wildman–Crippen LogP) is 4.45. The molecule has 1 saturated heterocycles. The van der Waals surface area contributed by atoms with Crippen LogP contribution in [0.15, 0.2) is 48.4 Å². The molecular weight excluding hydrogens is 523 g/mol. The van der Waals surface area contributed by atoms with Gasteiger partial charge in [0.25, 0.3) is 0 Å². The molecule has 2 atom stereocenters. The Morgan fingerprint density at radius 3 is 2.54 bits per heavy atom. The Balaban J connectivity index is 1.55. The molecule has 39 heavy (non-hydrogen) atoms. The number of nitrogens with zero attached hydrogens (tertiary/aromatic N) is 4. The summed E-state index contributed by atoms with van der Waals surface area (Å²) in [6.45, 7) is 5.42. The third kappa shape index (κ3) is 7.20. The van der Waals surface area contributed by atoms with Gasteiger partial charge in [-0.3, -0.25) is 19.5 Å². The van der Waals surface area contributed by atoms with Crippen LogP contribution < -0.4 is 0 Å². The Hall–Kier alpha value is -2.89. The zero-order valence-corrected chi connectivity index (χ0v) is 23.4. The predicted molar refractivity (Wildman–Crippen MR) is 146 cm³/mol. The van der Waals surface area contributed by atoms with Crippen LogP contribution in [0.25, 0.3) is 0 Å². The fourth-order valence-electron chi connectivity index (χ4n) is 4.90. The number of Topliss-reactive ketones (excluding diaryl/α,β-unsaturated/α-hetero) is 1. The molecule has 2 aliphatic heterocycles. The molecule has 2 heterocycles. The number of piperidine rings is 1. The van der Waals surface area contributed by atoms with Crippen LogP contribution in [-0.4, -0.2) is 76.0 Å². The number of likely N-dealkylation sites (tertiary alicyclic amines) is 1. The zero-order valence-electron chi connectivity index (χ0n) is 22.5. The van der Waals surface area contributed by atoms with Gasteiger partial charge in [-0.15, -0.1) is 5.12 Å². The number of thiol groups is 1. The van der Waals surface area contributed by atoms with Crippen LogP contribution in [0.5, 0.6) is 0 Å². The van der Waals surface area contributed by atoms with Crippen LogP contribution in [0.1, 0.15) is 57.6 Å². The topological polar surface area (TPSA) is 82.6 Å². The van der Waals surface area contributed by atoms with Gasteiger partial charge in [0.2, 0.25) is 0 Å². The van der Waals surface area contributed by atoms with Gasteiger partial charge in [0.15, 0.2) is 5.78 Å². The lowest BCUT2D eigenvalue weighted by Crippen LogP contribution is -2.47. The first-order chi connectivity index (χ1) is 18.8. The molecule has 0 N–H and O–H groups in total. The van der Waals surface area contributed by atoms with Crippen molar-refractivity contribution in [2.75, 3.05) is 32.8 Å². The summed E-state index contributed by atoms with van der Waals surface area (Å²) in [7, 11) is 0. The summed E-state index contributed by atoms with van der Waals surface area (Å²) in [5.41, 5.74) is 1.33. The normalized spacial score (nSPS) is 21.8. The first-order valence-electron chi connectivity index (χ1n) is 13.6. The molecular formula is C28H37FN4O5S. The Bertz CT molecular complexity index is 1110. The van der Waals surface area contributed by atoms with Gasteiger partial charge in [-0.05, 0) is 51.2 Å². The second-order valence-electron chi connectivity index (χ2n) is 9.81. The maximum Gasteiger partial charge on any atom is 0.430 e. The fourth-order valence-corrected chi connectivity index (χ4v) is 5.16. The monoisotopic (exact) mass is 560 g/mol. The fraction of sp³-hybridized carbons (Fsp3) is 0.536. The third-order valence-corrected chi connectivity index (χ3v) is 7.58. The van der Waals surface area contributed by atoms with Crippen molar-refractivity contribution >= 4 is 30.5 Å². The summed E-state index contributed by atoms with van der Waals surface area (Å²) >= 11 is 4.81. The lowest BCUT2D eigenvalue weighted by Gasteiger charge is -2.39. The average Bonchev–Trinajstić information content (AvgIpc) is 3.69. The van der Waals surface area contributed by atoms with Crippen LogP contribution >= 0.6 is 12.6 Å². The number of hydrazine groups is 2. The standard InChI is InChI=1S/C28H37FN4O5S/c1-3-37-25(34)10-7-14-33-31(16-17-32(33)28(36)38-4-2)19-21-18-30(15-13-24(21)39)26(27(35)20-11-12-20)22-8-5-6-9-23(22)29/h5-6,8-9,16-17,19-20,24,26,39H,3-4,7,10-15,18H2,1-2H3/b21-19+. The molecule has 3 aliphatic rings. The number of carbonyl (C=O) groups excluding carboxylic acids is 3. The number of ketones is 1. The second kappa shape index (κ2) is 13.5. The summed E-state index contributed by atoms with van der Waals surface area (Å²) < 4.78 is 25.1. The summed E-state index contributed by atoms with van der Waals surface area (Å²) in [5.74, 6) is -0.636. The molecule has 2 unspecified atom stereocenters. The molecule has 0 spiro atoms. The van der Waals surface area contributed by atoms with Crippen molar-refractivity contribution in [1.29, 1.82) is 0 Å². The van der Waals surface area contributed by atoms with E-state index in [1.165, 1.54) is 11.1 Å². The van der Waals surface area contributed by atoms with E-state index in [2.05, 4.69) is 0 Å². The molecule has 0 radical (unpaired) electrons. The van der Waals surface area contributed by atoms with Crippen molar-refractivity contribution in [2.45, 2.75) is 57.2 Å². The highest BCUT2D eigenvalue weighted by atomic mass is 32.1. The van der Waals surface area contributed by atoms with Crippen molar-refractivity contribution in [3.8, 4) is 0 Å². The number of benzene rings is 1. The number of hydrogen-bond donors (Lipinski definition) is 1. The van der Waals surface area contributed by atoms with Gasteiger partial charge >= 0.3 is 12.1 Å². The Kier molecular flexibility index (Phi) is 10.0.